The topological polar surface area (TPSA) is 54.5 Å². The summed E-state index contributed by atoms with van der Waals surface area (Å²) in [6.45, 7) is 5.10. The van der Waals surface area contributed by atoms with Gasteiger partial charge in [0.15, 0.2) is 5.69 Å². The minimum atomic E-state index is -0.252. The van der Waals surface area contributed by atoms with Gasteiger partial charge >= 0.3 is 0 Å². The molecule has 1 aromatic carbocycles. The van der Waals surface area contributed by atoms with Gasteiger partial charge in [0.1, 0.15) is 0 Å². The predicted octanol–water partition coefficient (Wildman–Crippen LogP) is 4.18. The van der Waals surface area contributed by atoms with Crippen LogP contribution in [0.1, 0.15) is 35.8 Å². The van der Waals surface area contributed by atoms with Gasteiger partial charge in [-0.05, 0) is 43.5 Å². The highest BCUT2D eigenvalue weighted by Gasteiger charge is 2.23. The Morgan fingerprint density at radius 1 is 1.19 bits per heavy atom. The van der Waals surface area contributed by atoms with Crippen molar-refractivity contribution in [2.75, 3.05) is 19.7 Å². The van der Waals surface area contributed by atoms with Crippen LogP contribution in [0.4, 0.5) is 0 Å². The Morgan fingerprint density at radius 2 is 1.89 bits per heavy atom. The van der Waals surface area contributed by atoms with Crippen molar-refractivity contribution in [2.24, 2.45) is 0 Å². The van der Waals surface area contributed by atoms with Gasteiger partial charge in [-0.25, -0.2) is 4.98 Å². The largest absolute Gasteiger partial charge is 0.478 e. The van der Waals surface area contributed by atoms with Crippen LogP contribution >= 0.6 is 23.2 Å². The van der Waals surface area contributed by atoms with E-state index in [9.17, 15) is 4.79 Å². The SMILES string of the molecule is CCOc1ccc(Cl)c(C(=O)NC2CCN(Cc3ccc(Cl)cc3)CC2)n1. The number of nitrogens with zero attached hydrogens (tertiary/aromatic N) is 2. The average molecular weight is 408 g/mol. The molecule has 1 amide bonds. The standard InChI is InChI=1S/C20H23Cl2N3O2/c1-2-27-18-8-7-17(22)19(24-18)20(26)23-16-9-11-25(12-10-16)13-14-3-5-15(21)6-4-14/h3-8,16H,2,9-13H2,1H3,(H,23,26). The van der Waals surface area contributed by atoms with E-state index in [-0.39, 0.29) is 17.6 Å². The lowest BCUT2D eigenvalue weighted by atomic mass is 10.0. The first-order valence-corrected chi connectivity index (χ1v) is 9.87. The maximum Gasteiger partial charge on any atom is 0.271 e. The Kier molecular flexibility index (Phi) is 6.94. The predicted molar refractivity (Wildman–Crippen MR) is 108 cm³/mol. The minimum Gasteiger partial charge on any atom is -0.478 e. The van der Waals surface area contributed by atoms with Gasteiger partial charge in [-0.2, -0.15) is 0 Å². The molecular weight excluding hydrogens is 385 g/mol. The first kappa shape index (κ1) is 19.9. The molecule has 144 valence electrons. The Balaban J connectivity index is 1.52. The summed E-state index contributed by atoms with van der Waals surface area (Å²) in [5.74, 6) is 0.155. The molecule has 5 nitrogen and oxygen atoms in total. The summed E-state index contributed by atoms with van der Waals surface area (Å²) in [5.41, 5.74) is 1.46. The maximum absolute atomic E-state index is 12.6. The highest BCUT2D eigenvalue weighted by molar-refractivity contribution is 6.33. The summed E-state index contributed by atoms with van der Waals surface area (Å²) in [6, 6.07) is 11.4. The third-order valence-electron chi connectivity index (χ3n) is 4.57. The van der Waals surface area contributed by atoms with Crippen molar-refractivity contribution in [3.63, 3.8) is 0 Å². The second-order valence-corrected chi connectivity index (χ2v) is 7.41. The van der Waals surface area contributed by atoms with E-state index in [1.165, 1.54) is 5.56 Å². The van der Waals surface area contributed by atoms with E-state index in [1.54, 1.807) is 12.1 Å². The van der Waals surface area contributed by atoms with E-state index in [1.807, 2.05) is 19.1 Å². The molecule has 0 aliphatic carbocycles. The fourth-order valence-corrected chi connectivity index (χ4v) is 3.47. The van der Waals surface area contributed by atoms with Gasteiger partial charge in [0.2, 0.25) is 5.88 Å². The van der Waals surface area contributed by atoms with Crippen molar-refractivity contribution in [1.82, 2.24) is 15.2 Å². The number of ether oxygens (including phenoxy) is 1. The summed E-state index contributed by atoms with van der Waals surface area (Å²) in [5, 5.41) is 4.13. The molecule has 1 N–H and O–H groups in total. The Hall–Kier alpha value is -1.82. The lowest BCUT2D eigenvalue weighted by Gasteiger charge is -2.32. The van der Waals surface area contributed by atoms with Crippen molar-refractivity contribution in [3.05, 3.63) is 57.7 Å². The number of rotatable bonds is 6. The number of benzene rings is 1. The molecule has 1 fully saturated rings. The van der Waals surface area contributed by atoms with Crippen molar-refractivity contribution < 1.29 is 9.53 Å². The molecule has 2 heterocycles. The molecule has 3 rings (SSSR count). The first-order chi connectivity index (χ1) is 13.0. The number of nitrogens with one attached hydrogen (secondary N) is 1. The van der Waals surface area contributed by atoms with E-state index in [0.717, 1.165) is 37.5 Å². The Labute approximate surface area is 169 Å². The molecule has 0 spiro atoms. The monoisotopic (exact) mass is 407 g/mol. The molecule has 1 aliphatic rings. The van der Waals surface area contributed by atoms with Crippen LogP contribution < -0.4 is 10.1 Å². The third kappa shape index (κ3) is 5.58. The molecule has 0 bridgehead atoms. The highest BCUT2D eigenvalue weighted by atomic mass is 35.5. The molecule has 27 heavy (non-hydrogen) atoms. The zero-order valence-electron chi connectivity index (χ0n) is 15.3. The molecule has 1 saturated heterocycles. The van der Waals surface area contributed by atoms with Gasteiger partial charge in [0, 0.05) is 36.8 Å². The van der Waals surface area contributed by atoms with Crippen molar-refractivity contribution in [1.29, 1.82) is 0 Å². The van der Waals surface area contributed by atoms with Crippen LogP contribution in [0.15, 0.2) is 36.4 Å². The highest BCUT2D eigenvalue weighted by Crippen LogP contribution is 2.20. The number of hydrogen-bond donors (Lipinski definition) is 1. The minimum absolute atomic E-state index is 0.118. The zero-order chi connectivity index (χ0) is 19.2. The van der Waals surface area contributed by atoms with Crippen molar-refractivity contribution >= 4 is 29.1 Å². The number of amides is 1. The Morgan fingerprint density at radius 3 is 2.56 bits per heavy atom. The van der Waals surface area contributed by atoms with Crippen LogP contribution in [0, 0.1) is 0 Å². The van der Waals surface area contributed by atoms with Crippen LogP contribution in [-0.4, -0.2) is 41.5 Å². The van der Waals surface area contributed by atoms with E-state index in [4.69, 9.17) is 27.9 Å². The summed E-state index contributed by atoms with van der Waals surface area (Å²) >= 11 is 12.1. The second-order valence-electron chi connectivity index (χ2n) is 6.56. The van der Waals surface area contributed by atoms with Gasteiger partial charge < -0.3 is 10.1 Å². The third-order valence-corrected chi connectivity index (χ3v) is 5.13. The van der Waals surface area contributed by atoms with Gasteiger partial charge in [-0.1, -0.05) is 35.3 Å². The van der Waals surface area contributed by atoms with Crippen LogP contribution in [0.2, 0.25) is 10.0 Å². The van der Waals surface area contributed by atoms with Crippen LogP contribution in [0.3, 0.4) is 0 Å². The van der Waals surface area contributed by atoms with Gasteiger partial charge in [-0.15, -0.1) is 0 Å². The van der Waals surface area contributed by atoms with Crippen LogP contribution in [-0.2, 0) is 6.54 Å². The fourth-order valence-electron chi connectivity index (χ4n) is 3.15. The molecule has 0 unspecified atom stereocenters. The zero-order valence-corrected chi connectivity index (χ0v) is 16.8. The van der Waals surface area contributed by atoms with Gasteiger partial charge in [0.25, 0.3) is 5.91 Å². The molecule has 0 saturated carbocycles. The number of carbonyl (C=O) groups excluding carboxylic acids is 1. The quantitative estimate of drug-likeness (QED) is 0.779. The first-order valence-electron chi connectivity index (χ1n) is 9.12. The van der Waals surface area contributed by atoms with E-state index in [0.29, 0.717) is 17.5 Å². The maximum atomic E-state index is 12.6. The fraction of sp³-hybridized carbons (Fsp3) is 0.400. The van der Waals surface area contributed by atoms with Crippen molar-refractivity contribution in [3.8, 4) is 5.88 Å². The van der Waals surface area contributed by atoms with Crippen molar-refractivity contribution in [2.45, 2.75) is 32.4 Å². The van der Waals surface area contributed by atoms with Crippen LogP contribution in [0.5, 0.6) is 5.88 Å². The van der Waals surface area contributed by atoms with Gasteiger partial charge in [-0.3, -0.25) is 9.69 Å². The summed E-state index contributed by atoms with van der Waals surface area (Å²) in [4.78, 5) is 19.2. The molecular formula is C20H23Cl2N3O2. The molecule has 2 aromatic rings. The summed E-state index contributed by atoms with van der Waals surface area (Å²) in [7, 11) is 0. The molecule has 7 heteroatoms. The number of likely N-dealkylation sites (tertiary alicyclic amines) is 1. The smallest absolute Gasteiger partial charge is 0.271 e. The summed E-state index contributed by atoms with van der Waals surface area (Å²) in [6.07, 6.45) is 1.78. The number of hydrogen-bond acceptors (Lipinski definition) is 4. The van der Waals surface area contributed by atoms with E-state index >= 15 is 0 Å². The molecule has 0 atom stereocenters. The number of pyridine rings is 1. The van der Waals surface area contributed by atoms with Gasteiger partial charge in [0.05, 0.1) is 11.6 Å². The van der Waals surface area contributed by atoms with E-state index < -0.39 is 0 Å². The molecule has 0 radical (unpaired) electrons. The number of carbonyl (C=O) groups is 1. The summed E-state index contributed by atoms with van der Waals surface area (Å²) < 4.78 is 5.35. The average Bonchev–Trinajstić information content (AvgIpc) is 2.67. The second kappa shape index (κ2) is 9.40. The normalized spacial score (nSPS) is 15.5. The number of aromatic nitrogens is 1. The lowest BCUT2D eigenvalue weighted by Crippen LogP contribution is -2.44. The number of piperidine rings is 1. The van der Waals surface area contributed by atoms with E-state index in [2.05, 4.69) is 27.3 Å². The molecule has 1 aromatic heterocycles. The number of halogens is 2. The lowest BCUT2D eigenvalue weighted by molar-refractivity contribution is 0.0903. The van der Waals surface area contributed by atoms with Crippen LogP contribution in [0.25, 0.3) is 0 Å². The Bertz CT molecular complexity index is 775. The molecule has 1 aliphatic heterocycles.